The molecule has 0 saturated carbocycles. The molecule has 0 amide bonds. The van der Waals surface area contributed by atoms with Gasteiger partial charge < -0.3 is 10.2 Å². The fourth-order valence-corrected chi connectivity index (χ4v) is 2.72. The van der Waals surface area contributed by atoms with E-state index in [1.165, 1.54) is 12.1 Å². The maximum atomic E-state index is 13.9. The Morgan fingerprint density at radius 1 is 1.14 bits per heavy atom. The molecular formula is C13H14BrF2N5. The second kappa shape index (κ2) is 6.07. The molecule has 1 aliphatic heterocycles. The molecule has 0 unspecified atom stereocenters. The molecule has 21 heavy (non-hydrogen) atoms. The van der Waals surface area contributed by atoms with Gasteiger partial charge in [-0.3, -0.25) is 5.10 Å². The van der Waals surface area contributed by atoms with Crippen LogP contribution < -0.4 is 10.2 Å². The van der Waals surface area contributed by atoms with Crippen molar-refractivity contribution in [3.63, 3.8) is 0 Å². The Morgan fingerprint density at radius 3 is 2.67 bits per heavy atom. The monoisotopic (exact) mass is 357 g/mol. The number of rotatable bonds is 2. The van der Waals surface area contributed by atoms with E-state index in [-0.39, 0.29) is 11.4 Å². The van der Waals surface area contributed by atoms with E-state index < -0.39 is 11.6 Å². The fraction of sp³-hybridized carbons (Fsp3) is 0.385. The summed E-state index contributed by atoms with van der Waals surface area (Å²) < 4.78 is 28.2. The molecular weight excluding hydrogens is 344 g/mol. The van der Waals surface area contributed by atoms with Crippen LogP contribution in [0.5, 0.6) is 0 Å². The molecule has 3 rings (SSSR count). The van der Waals surface area contributed by atoms with E-state index >= 15 is 0 Å². The number of nitrogens with one attached hydrogen (secondary N) is 2. The number of H-pyrrole nitrogens is 1. The van der Waals surface area contributed by atoms with Crippen molar-refractivity contribution in [2.45, 2.75) is 6.42 Å². The number of halogens is 3. The molecule has 0 atom stereocenters. The van der Waals surface area contributed by atoms with Gasteiger partial charge in [-0.2, -0.15) is 4.98 Å². The van der Waals surface area contributed by atoms with Crippen molar-refractivity contribution in [2.75, 3.05) is 31.1 Å². The van der Waals surface area contributed by atoms with Crippen molar-refractivity contribution in [2.24, 2.45) is 0 Å². The van der Waals surface area contributed by atoms with Gasteiger partial charge in [0.05, 0.1) is 5.56 Å². The number of hydrogen-bond donors (Lipinski definition) is 2. The summed E-state index contributed by atoms with van der Waals surface area (Å²) >= 11 is 3.05. The van der Waals surface area contributed by atoms with E-state index in [2.05, 4.69) is 36.4 Å². The van der Waals surface area contributed by atoms with E-state index in [4.69, 9.17) is 0 Å². The third-order valence-electron chi connectivity index (χ3n) is 3.34. The molecule has 2 aromatic rings. The van der Waals surface area contributed by atoms with Crippen molar-refractivity contribution in [3.8, 4) is 11.4 Å². The highest BCUT2D eigenvalue weighted by atomic mass is 79.9. The number of aromatic nitrogens is 3. The first kappa shape index (κ1) is 14.4. The predicted octanol–water partition coefficient (Wildman–Crippen LogP) is 2.31. The van der Waals surface area contributed by atoms with Gasteiger partial charge >= 0.3 is 0 Å². The van der Waals surface area contributed by atoms with Crippen molar-refractivity contribution in [1.29, 1.82) is 0 Å². The highest BCUT2D eigenvalue weighted by molar-refractivity contribution is 9.10. The molecule has 2 heterocycles. The van der Waals surface area contributed by atoms with Gasteiger partial charge in [0.15, 0.2) is 5.82 Å². The Labute approximate surface area is 128 Å². The number of hydrogen-bond acceptors (Lipinski definition) is 4. The first-order valence-electron chi connectivity index (χ1n) is 6.68. The average molecular weight is 358 g/mol. The molecule has 1 aliphatic rings. The molecule has 8 heteroatoms. The summed E-state index contributed by atoms with van der Waals surface area (Å²) in [4.78, 5) is 6.23. The zero-order valence-electron chi connectivity index (χ0n) is 11.2. The van der Waals surface area contributed by atoms with Gasteiger partial charge in [0.1, 0.15) is 11.6 Å². The van der Waals surface area contributed by atoms with Crippen LogP contribution in [0.3, 0.4) is 0 Å². The van der Waals surface area contributed by atoms with Gasteiger partial charge in [0, 0.05) is 24.1 Å². The van der Waals surface area contributed by atoms with Crippen LogP contribution in [-0.2, 0) is 0 Å². The minimum Gasteiger partial charge on any atom is -0.338 e. The molecule has 1 aromatic carbocycles. The zero-order valence-corrected chi connectivity index (χ0v) is 12.8. The van der Waals surface area contributed by atoms with Gasteiger partial charge in [-0.15, -0.1) is 5.10 Å². The minimum absolute atomic E-state index is 0.102. The second-order valence-corrected chi connectivity index (χ2v) is 5.73. The van der Waals surface area contributed by atoms with Crippen LogP contribution in [0, 0.1) is 11.6 Å². The maximum absolute atomic E-state index is 13.9. The molecule has 0 bridgehead atoms. The first-order chi connectivity index (χ1) is 10.1. The lowest BCUT2D eigenvalue weighted by Gasteiger charge is -2.16. The summed E-state index contributed by atoms with van der Waals surface area (Å²) in [6.07, 6.45) is 0.977. The molecule has 0 spiro atoms. The van der Waals surface area contributed by atoms with Crippen LogP contribution in [0.25, 0.3) is 11.4 Å². The predicted molar refractivity (Wildman–Crippen MR) is 79.1 cm³/mol. The Morgan fingerprint density at radius 2 is 1.90 bits per heavy atom. The Hall–Kier alpha value is -1.54. The SMILES string of the molecule is Fc1cc(Br)cc(F)c1-c1nc(N2CCCNCC2)n[nH]1. The van der Waals surface area contributed by atoms with Crippen LogP contribution >= 0.6 is 15.9 Å². The number of aromatic amines is 1. The summed E-state index contributed by atoms with van der Waals surface area (Å²) in [6.45, 7) is 3.37. The van der Waals surface area contributed by atoms with E-state index in [0.29, 0.717) is 10.4 Å². The lowest BCUT2D eigenvalue weighted by Crippen LogP contribution is -2.28. The van der Waals surface area contributed by atoms with Gasteiger partial charge in [-0.25, -0.2) is 8.78 Å². The van der Waals surface area contributed by atoms with Gasteiger partial charge in [-0.1, -0.05) is 15.9 Å². The Bertz CT molecular complexity index is 614. The molecule has 1 aromatic heterocycles. The molecule has 112 valence electrons. The summed E-state index contributed by atoms with van der Waals surface area (Å²) in [5.41, 5.74) is -0.190. The molecule has 0 aliphatic carbocycles. The van der Waals surface area contributed by atoms with Gasteiger partial charge in [0.25, 0.3) is 0 Å². The lowest BCUT2D eigenvalue weighted by molar-refractivity contribution is 0.586. The normalized spacial score (nSPS) is 16.0. The minimum atomic E-state index is -0.679. The summed E-state index contributed by atoms with van der Waals surface area (Å²) in [5.74, 6) is -0.788. The van der Waals surface area contributed by atoms with Crippen LogP contribution in [0.2, 0.25) is 0 Å². The first-order valence-corrected chi connectivity index (χ1v) is 7.47. The third-order valence-corrected chi connectivity index (χ3v) is 3.80. The Balaban J connectivity index is 1.91. The molecule has 1 saturated heterocycles. The summed E-state index contributed by atoms with van der Waals surface area (Å²) in [7, 11) is 0. The Kier molecular flexibility index (Phi) is 4.16. The molecule has 0 radical (unpaired) electrons. The van der Waals surface area contributed by atoms with E-state index in [1.807, 2.05) is 4.90 Å². The average Bonchev–Trinajstić information content (AvgIpc) is 2.72. The molecule has 2 N–H and O–H groups in total. The van der Waals surface area contributed by atoms with Crippen LogP contribution in [0.1, 0.15) is 6.42 Å². The molecule has 1 fully saturated rings. The van der Waals surface area contributed by atoms with Crippen molar-refractivity contribution in [1.82, 2.24) is 20.5 Å². The van der Waals surface area contributed by atoms with Crippen molar-refractivity contribution in [3.05, 3.63) is 28.2 Å². The number of nitrogens with zero attached hydrogens (tertiary/aromatic N) is 3. The van der Waals surface area contributed by atoms with Gasteiger partial charge in [0.2, 0.25) is 5.95 Å². The second-order valence-electron chi connectivity index (χ2n) is 4.82. The zero-order chi connectivity index (χ0) is 14.8. The lowest BCUT2D eigenvalue weighted by atomic mass is 10.2. The summed E-state index contributed by atoms with van der Waals surface area (Å²) in [6, 6.07) is 2.41. The smallest absolute Gasteiger partial charge is 0.245 e. The van der Waals surface area contributed by atoms with Crippen molar-refractivity contribution >= 4 is 21.9 Å². The van der Waals surface area contributed by atoms with Crippen LogP contribution in [0.4, 0.5) is 14.7 Å². The fourth-order valence-electron chi connectivity index (χ4n) is 2.32. The number of anilines is 1. The van der Waals surface area contributed by atoms with E-state index in [0.717, 1.165) is 32.6 Å². The third kappa shape index (κ3) is 3.06. The van der Waals surface area contributed by atoms with Crippen molar-refractivity contribution < 1.29 is 8.78 Å². The topological polar surface area (TPSA) is 56.8 Å². The quantitative estimate of drug-likeness (QED) is 0.865. The number of benzene rings is 1. The van der Waals surface area contributed by atoms with E-state index in [9.17, 15) is 8.78 Å². The van der Waals surface area contributed by atoms with E-state index in [1.54, 1.807) is 0 Å². The molecule has 5 nitrogen and oxygen atoms in total. The maximum Gasteiger partial charge on any atom is 0.245 e. The largest absolute Gasteiger partial charge is 0.338 e. The van der Waals surface area contributed by atoms with Crippen LogP contribution in [0.15, 0.2) is 16.6 Å². The highest BCUT2D eigenvalue weighted by Crippen LogP contribution is 2.27. The highest BCUT2D eigenvalue weighted by Gasteiger charge is 2.19. The van der Waals surface area contributed by atoms with Gasteiger partial charge in [-0.05, 0) is 25.1 Å². The standard InChI is InChI=1S/C13H14BrF2N5/c14-8-6-9(15)11(10(16)7-8)12-18-13(20-19-12)21-4-1-2-17-3-5-21/h6-7,17H,1-5H2,(H,18,19,20). The summed E-state index contributed by atoms with van der Waals surface area (Å²) in [5, 5.41) is 9.98. The van der Waals surface area contributed by atoms with Crippen LogP contribution in [-0.4, -0.2) is 41.4 Å².